The van der Waals surface area contributed by atoms with Gasteiger partial charge in [-0.1, -0.05) is 6.07 Å². The van der Waals surface area contributed by atoms with Crippen molar-refractivity contribution in [2.75, 3.05) is 25.5 Å². The number of carboxylic acid groups (broad SMARTS) is 2. The first-order chi connectivity index (χ1) is 9.42. The first-order valence-electron chi connectivity index (χ1n) is 5.56. The fourth-order valence-corrected chi connectivity index (χ4v) is 1.43. The van der Waals surface area contributed by atoms with Gasteiger partial charge in [-0.2, -0.15) is 0 Å². The lowest BCUT2D eigenvalue weighted by molar-refractivity contribution is -0.140. The zero-order chi connectivity index (χ0) is 15.1. The molecular weight excluding hydrogens is 268 g/mol. The van der Waals surface area contributed by atoms with Crippen molar-refractivity contribution in [2.45, 2.75) is 0 Å². The van der Waals surface area contributed by atoms with E-state index in [1.807, 2.05) is 0 Å². The van der Waals surface area contributed by atoms with Crippen LogP contribution in [0.5, 0.6) is 5.75 Å². The van der Waals surface area contributed by atoms with Gasteiger partial charge in [-0.05, 0) is 12.1 Å². The molecule has 20 heavy (non-hydrogen) atoms. The second kappa shape index (κ2) is 6.98. The molecule has 0 spiro atoms. The number of nitrogens with zero attached hydrogens (tertiary/aromatic N) is 1. The van der Waals surface area contributed by atoms with Gasteiger partial charge in [0.15, 0.2) is 0 Å². The van der Waals surface area contributed by atoms with Crippen molar-refractivity contribution in [1.29, 1.82) is 0 Å². The molecule has 0 bridgehead atoms. The van der Waals surface area contributed by atoms with E-state index < -0.39 is 31.1 Å². The summed E-state index contributed by atoms with van der Waals surface area (Å²) in [4.78, 5) is 33.7. The van der Waals surface area contributed by atoms with Crippen molar-refractivity contribution >= 4 is 23.7 Å². The topological polar surface area (TPSA) is 116 Å². The van der Waals surface area contributed by atoms with E-state index >= 15 is 0 Å². The molecule has 0 unspecified atom stereocenters. The standard InChI is InChI=1S/C12H14N2O6/c1-20-9-4-2-3-8(5-9)13-12(19)14(6-10(15)16)7-11(17)18/h2-5H,6-7H2,1H3,(H,13,19)(H,15,16)(H,17,18). The van der Waals surface area contributed by atoms with Gasteiger partial charge in [-0.3, -0.25) is 9.59 Å². The van der Waals surface area contributed by atoms with E-state index in [2.05, 4.69) is 5.32 Å². The van der Waals surface area contributed by atoms with Crippen LogP contribution in [-0.4, -0.2) is 53.3 Å². The van der Waals surface area contributed by atoms with E-state index in [9.17, 15) is 14.4 Å². The molecule has 0 radical (unpaired) electrons. The first-order valence-corrected chi connectivity index (χ1v) is 5.56. The molecule has 0 fully saturated rings. The maximum Gasteiger partial charge on any atom is 0.323 e. The molecule has 108 valence electrons. The van der Waals surface area contributed by atoms with Crippen LogP contribution in [0.3, 0.4) is 0 Å². The van der Waals surface area contributed by atoms with Crippen LogP contribution in [0, 0.1) is 0 Å². The highest BCUT2D eigenvalue weighted by molar-refractivity contribution is 5.93. The molecule has 0 saturated heterocycles. The third-order valence-corrected chi connectivity index (χ3v) is 2.26. The predicted molar refractivity (Wildman–Crippen MR) is 68.9 cm³/mol. The molecule has 0 atom stereocenters. The molecule has 8 nitrogen and oxygen atoms in total. The van der Waals surface area contributed by atoms with Crippen molar-refractivity contribution in [2.24, 2.45) is 0 Å². The minimum absolute atomic E-state index is 0.370. The highest BCUT2D eigenvalue weighted by Crippen LogP contribution is 2.17. The molecule has 0 aliphatic carbocycles. The van der Waals surface area contributed by atoms with Crippen LogP contribution in [0.1, 0.15) is 0 Å². The number of anilines is 1. The van der Waals surface area contributed by atoms with Crippen molar-refractivity contribution in [1.82, 2.24) is 4.90 Å². The largest absolute Gasteiger partial charge is 0.497 e. The Labute approximate surface area is 114 Å². The average Bonchev–Trinajstić information content (AvgIpc) is 2.37. The average molecular weight is 282 g/mol. The molecule has 3 N–H and O–H groups in total. The van der Waals surface area contributed by atoms with Crippen LogP contribution >= 0.6 is 0 Å². The first kappa shape index (κ1) is 15.3. The van der Waals surface area contributed by atoms with E-state index in [0.717, 1.165) is 0 Å². The van der Waals surface area contributed by atoms with Crippen molar-refractivity contribution in [3.05, 3.63) is 24.3 Å². The van der Waals surface area contributed by atoms with Gasteiger partial charge in [-0.25, -0.2) is 4.79 Å². The lowest BCUT2D eigenvalue weighted by Crippen LogP contribution is -2.41. The number of hydrogen-bond donors (Lipinski definition) is 3. The molecule has 8 heteroatoms. The van der Waals surface area contributed by atoms with Gasteiger partial charge >= 0.3 is 18.0 Å². The van der Waals surface area contributed by atoms with Gasteiger partial charge in [0.25, 0.3) is 0 Å². The maximum absolute atomic E-state index is 11.8. The third-order valence-electron chi connectivity index (χ3n) is 2.26. The van der Waals surface area contributed by atoms with Gasteiger partial charge < -0.3 is 25.2 Å². The SMILES string of the molecule is COc1cccc(NC(=O)N(CC(=O)O)CC(=O)O)c1. The number of carboxylic acids is 2. The van der Waals surface area contributed by atoms with Crippen LogP contribution < -0.4 is 10.1 Å². The fraction of sp³-hybridized carbons (Fsp3) is 0.250. The van der Waals surface area contributed by atoms with E-state index in [1.54, 1.807) is 18.2 Å². The summed E-state index contributed by atoms with van der Waals surface area (Å²) in [5.74, 6) is -2.09. The minimum atomic E-state index is -1.30. The van der Waals surface area contributed by atoms with Crippen LogP contribution in [0.15, 0.2) is 24.3 Å². The Morgan fingerprint density at radius 1 is 1.20 bits per heavy atom. The highest BCUT2D eigenvalue weighted by Gasteiger charge is 2.19. The van der Waals surface area contributed by atoms with Crippen LogP contribution in [-0.2, 0) is 9.59 Å². The van der Waals surface area contributed by atoms with Gasteiger partial charge in [-0.15, -0.1) is 0 Å². The molecule has 2 amide bonds. The number of urea groups is 1. The monoisotopic (exact) mass is 282 g/mol. The van der Waals surface area contributed by atoms with Crippen molar-refractivity contribution in [3.8, 4) is 5.75 Å². The number of nitrogens with one attached hydrogen (secondary N) is 1. The van der Waals surface area contributed by atoms with E-state index in [1.165, 1.54) is 13.2 Å². The predicted octanol–water partition coefficient (Wildman–Crippen LogP) is 0.698. The van der Waals surface area contributed by atoms with E-state index in [4.69, 9.17) is 14.9 Å². The Bertz CT molecular complexity index is 500. The molecule has 0 saturated carbocycles. The Balaban J connectivity index is 2.78. The maximum atomic E-state index is 11.8. The number of benzene rings is 1. The van der Waals surface area contributed by atoms with Crippen molar-refractivity contribution in [3.63, 3.8) is 0 Å². The van der Waals surface area contributed by atoms with Gasteiger partial charge in [0.2, 0.25) is 0 Å². The second-order valence-corrected chi connectivity index (χ2v) is 3.81. The summed E-state index contributed by atoms with van der Waals surface area (Å²) in [5.41, 5.74) is 0.370. The number of carbonyl (C=O) groups excluding carboxylic acids is 1. The van der Waals surface area contributed by atoms with Gasteiger partial charge in [0.1, 0.15) is 18.8 Å². The lowest BCUT2D eigenvalue weighted by atomic mass is 10.3. The summed E-state index contributed by atoms with van der Waals surface area (Å²) < 4.78 is 4.97. The second-order valence-electron chi connectivity index (χ2n) is 3.81. The number of amides is 2. The normalized spacial score (nSPS) is 9.65. The number of carbonyl (C=O) groups is 3. The quantitative estimate of drug-likeness (QED) is 0.707. The summed E-state index contributed by atoms with van der Waals surface area (Å²) in [6.07, 6.45) is 0. The van der Waals surface area contributed by atoms with Crippen LogP contribution in [0.25, 0.3) is 0 Å². The summed E-state index contributed by atoms with van der Waals surface area (Å²) in [6, 6.07) is 5.58. The van der Waals surface area contributed by atoms with Gasteiger partial charge in [0.05, 0.1) is 7.11 Å². The summed E-state index contributed by atoms with van der Waals surface area (Å²) in [7, 11) is 1.46. The van der Waals surface area contributed by atoms with Crippen LogP contribution in [0.2, 0.25) is 0 Å². The number of aliphatic carboxylic acids is 2. The minimum Gasteiger partial charge on any atom is -0.497 e. The fourth-order valence-electron chi connectivity index (χ4n) is 1.43. The number of rotatable bonds is 6. The summed E-state index contributed by atoms with van der Waals surface area (Å²) in [6.45, 7) is -1.41. The van der Waals surface area contributed by atoms with Gasteiger partial charge in [0, 0.05) is 11.8 Å². The molecule has 0 aromatic heterocycles. The third kappa shape index (κ3) is 4.84. The zero-order valence-electron chi connectivity index (χ0n) is 10.7. The molecule has 1 aromatic rings. The number of methoxy groups -OCH3 is 1. The molecule has 0 aliphatic rings. The Kier molecular flexibility index (Phi) is 5.33. The zero-order valence-corrected chi connectivity index (χ0v) is 10.7. The lowest BCUT2D eigenvalue weighted by Gasteiger charge is -2.19. The Morgan fingerprint density at radius 3 is 2.30 bits per heavy atom. The molecule has 1 aromatic carbocycles. The number of hydrogen-bond acceptors (Lipinski definition) is 4. The molecule has 0 aliphatic heterocycles. The Morgan fingerprint density at radius 2 is 1.80 bits per heavy atom. The Hall–Kier alpha value is -2.77. The summed E-state index contributed by atoms with van der Waals surface area (Å²) in [5, 5.41) is 19.7. The van der Waals surface area contributed by atoms with E-state index in [-0.39, 0.29) is 0 Å². The molecular formula is C12H14N2O6. The van der Waals surface area contributed by atoms with Crippen molar-refractivity contribution < 1.29 is 29.3 Å². The molecule has 0 heterocycles. The van der Waals surface area contributed by atoms with Crippen LogP contribution in [0.4, 0.5) is 10.5 Å². The molecule has 1 rings (SSSR count). The summed E-state index contributed by atoms with van der Waals surface area (Å²) >= 11 is 0. The highest BCUT2D eigenvalue weighted by atomic mass is 16.5. The van der Waals surface area contributed by atoms with E-state index in [0.29, 0.717) is 16.3 Å². The smallest absolute Gasteiger partial charge is 0.323 e. The number of ether oxygens (including phenoxy) is 1.